The number of benzene rings is 2. The second-order valence-corrected chi connectivity index (χ2v) is 9.35. The van der Waals surface area contributed by atoms with Crippen LogP contribution in [0, 0.1) is 17.5 Å². The SMILES string of the molecule is CC(C)c1cccc(C(C)C)c1N1Cc2c(F)c(F)c(F)c(NC3CCCC3)c2C1. The number of nitrogens with zero attached hydrogens (tertiary/aromatic N) is 1. The molecule has 30 heavy (non-hydrogen) atoms. The fourth-order valence-electron chi connectivity index (χ4n) is 4.99. The second kappa shape index (κ2) is 8.16. The lowest BCUT2D eigenvalue weighted by Gasteiger charge is -2.28. The van der Waals surface area contributed by atoms with Crippen molar-refractivity contribution in [1.82, 2.24) is 0 Å². The first kappa shape index (κ1) is 21.1. The fourth-order valence-corrected chi connectivity index (χ4v) is 4.99. The van der Waals surface area contributed by atoms with Crippen LogP contribution in [0.5, 0.6) is 0 Å². The summed E-state index contributed by atoms with van der Waals surface area (Å²) in [6.45, 7) is 9.18. The first-order chi connectivity index (χ1) is 14.3. The zero-order chi connectivity index (χ0) is 21.6. The van der Waals surface area contributed by atoms with Crippen LogP contribution in [0.1, 0.15) is 87.5 Å². The van der Waals surface area contributed by atoms with Crippen molar-refractivity contribution < 1.29 is 13.2 Å². The number of para-hydroxylation sites is 1. The average Bonchev–Trinajstić information content (AvgIpc) is 3.38. The molecule has 4 rings (SSSR count). The van der Waals surface area contributed by atoms with E-state index in [2.05, 4.69) is 56.1 Å². The monoisotopic (exact) mass is 416 g/mol. The van der Waals surface area contributed by atoms with Crippen molar-refractivity contribution in [3.63, 3.8) is 0 Å². The summed E-state index contributed by atoms with van der Waals surface area (Å²) >= 11 is 0. The van der Waals surface area contributed by atoms with Gasteiger partial charge in [-0.25, -0.2) is 13.2 Å². The van der Waals surface area contributed by atoms with Crippen LogP contribution in [0.4, 0.5) is 24.5 Å². The number of fused-ring (bicyclic) bond motifs is 1. The third kappa shape index (κ3) is 3.57. The molecule has 1 aliphatic carbocycles. The highest BCUT2D eigenvalue weighted by molar-refractivity contribution is 5.68. The maximum atomic E-state index is 14.8. The van der Waals surface area contributed by atoms with Crippen molar-refractivity contribution in [2.75, 3.05) is 10.2 Å². The molecule has 0 saturated heterocycles. The largest absolute Gasteiger partial charge is 0.380 e. The van der Waals surface area contributed by atoms with E-state index >= 15 is 0 Å². The first-order valence-electron chi connectivity index (χ1n) is 11.1. The minimum atomic E-state index is -1.36. The van der Waals surface area contributed by atoms with E-state index in [1.54, 1.807) is 0 Å². The molecule has 1 N–H and O–H groups in total. The number of anilines is 2. The molecule has 2 aromatic carbocycles. The summed E-state index contributed by atoms with van der Waals surface area (Å²) in [4.78, 5) is 2.09. The molecule has 2 aromatic rings. The van der Waals surface area contributed by atoms with Crippen molar-refractivity contribution in [2.24, 2.45) is 0 Å². The van der Waals surface area contributed by atoms with Crippen molar-refractivity contribution in [2.45, 2.75) is 84.3 Å². The molecule has 0 spiro atoms. The van der Waals surface area contributed by atoms with Crippen LogP contribution in [-0.4, -0.2) is 6.04 Å². The third-order valence-electron chi connectivity index (χ3n) is 6.60. The Kier molecular flexibility index (Phi) is 5.73. The van der Waals surface area contributed by atoms with E-state index in [0.717, 1.165) is 31.4 Å². The second-order valence-electron chi connectivity index (χ2n) is 9.35. The van der Waals surface area contributed by atoms with Crippen LogP contribution in [0.2, 0.25) is 0 Å². The molecular formula is C25H31F3N2. The Morgan fingerprint density at radius 3 is 1.97 bits per heavy atom. The van der Waals surface area contributed by atoms with Crippen LogP contribution in [0.3, 0.4) is 0 Å². The summed E-state index contributed by atoms with van der Waals surface area (Å²) < 4.78 is 44.1. The summed E-state index contributed by atoms with van der Waals surface area (Å²) in [6.07, 6.45) is 4.03. The van der Waals surface area contributed by atoms with Crippen molar-refractivity contribution in [1.29, 1.82) is 0 Å². The Morgan fingerprint density at radius 2 is 1.40 bits per heavy atom. The predicted molar refractivity (Wildman–Crippen MR) is 117 cm³/mol. The van der Waals surface area contributed by atoms with Gasteiger partial charge in [0.1, 0.15) is 0 Å². The van der Waals surface area contributed by atoms with Gasteiger partial charge in [0.2, 0.25) is 0 Å². The molecule has 0 unspecified atom stereocenters. The molecule has 1 heterocycles. The Labute approximate surface area is 177 Å². The van der Waals surface area contributed by atoms with Crippen molar-refractivity contribution >= 4 is 11.4 Å². The maximum Gasteiger partial charge on any atom is 0.196 e. The fraction of sp³-hybridized carbons (Fsp3) is 0.520. The van der Waals surface area contributed by atoms with E-state index in [1.165, 1.54) is 11.1 Å². The predicted octanol–water partition coefficient (Wildman–Crippen LogP) is 7.23. The molecule has 1 aliphatic heterocycles. The Bertz CT molecular complexity index is 920. The smallest absolute Gasteiger partial charge is 0.196 e. The van der Waals surface area contributed by atoms with Crippen LogP contribution in [0.15, 0.2) is 18.2 Å². The summed E-state index contributed by atoms with van der Waals surface area (Å²) in [7, 11) is 0. The molecule has 2 aliphatic rings. The van der Waals surface area contributed by atoms with Gasteiger partial charge in [-0.3, -0.25) is 0 Å². The standard InChI is InChI=1S/C25H31F3N2/c1-14(2)17-10-7-11-18(15(3)4)25(17)30-12-19-20(13-30)24(23(28)22(27)21(19)26)29-16-8-5-6-9-16/h7,10-11,14-16,29H,5-6,8-9,12-13H2,1-4H3. The van der Waals surface area contributed by atoms with Gasteiger partial charge in [-0.05, 0) is 35.8 Å². The van der Waals surface area contributed by atoms with Gasteiger partial charge in [0, 0.05) is 35.9 Å². The van der Waals surface area contributed by atoms with Gasteiger partial charge in [0.15, 0.2) is 17.5 Å². The Balaban J connectivity index is 1.79. The normalized spacial score (nSPS) is 16.8. The van der Waals surface area contributed by atoms with Crippen LogP contribution >= 0.6 is 0 Å². The molecule has 0 atom stereocenters. The highest BCUT2D eigenvalue weighted by Crippen LogP contribution is 2.43. The molecule has 0 radical (unpaired) electrons. The van der Waals surface area contributed by atoms with E-state index < -0.39 is 17.5 Å². The zero-order valence-electron chi connectivity index (χ0n) is 18.3. The number of rotatable bonds is 5. The average molecular weight is 417 g/mol. The molecule has 162 valence electrons. The van der Waals surface area contributed by atoms with E-state index in [-0.39, 0.29) is 35.7 Å². The van der Waals surface area contributed by atoms with E-state index in [4.69, 9.17) is 0 Å². The topological polar surface area (TPSA) is 15.3 Å². The summed E-state index contributed by atoms with van der Waals surface area (Å²) in [6, 6.07) is 6.38. The lowest BCUT2D eigenvalue weighted by molar-refractivity contribution is 0.443. The van der Waals surface area contributed by atoms with Gasteiger partial charge in [-0.1, -0.05) is 58.7 Å². The maximum absolute atomic E-state index is 14.8. The zero-order valence-corrected chi connectivity index (χ0v) is 18.3. The Hall–Kier alpha value is -2.17. The summed E-state index contributed by atoms with van der Waals surface area (Å²) in [5, 5.41) is 3.22. The van der Waals surface area contributed by atoms with E-state index in [1.807, 2.05) is 0 Å². The van der Waals surface area contributed by atoms with Gasteiger partial charge < -0.3 is 10.2 Å². The van der Waals surface area contributed by atoms with Crippen LogP contribution < -0.4 is 10.2 Å². The molecule has 0 aromatic heterocycles. The van der Waals surface area contributed by atoms with E-state index in [9.17, 15) is 13.2 Å². The molecule has 1 fully saturated rings. The molecule has 0 bridgehead atoms. The van der Waals surface area contributed by atoms with Gasteiger partial charge in [0.05, 0.1) is 5.69 Å². The van der Waals surface area contributed by atoms with E-state index in [0.29, 0.717) is 12.1 Å². The number of hydrogen-bond donors (Lipinski definition) is 1. The minimum Gasteiger partial charge on any atom is -0.380 e. The number of nitrogens with one attached hydrogen (secondary N) is 1. The van der Waals surface area contributed by atoms with Gasteiger partial charge in [-0.15, -0.1) is 0 Å². The molecular weight excluding hydrogens is 385 g/mol. The lowest BCUT2D eigenvalue weighted by atomic mass is 9.92. The number of hydrogen-bond acceptors (Lipinski definition) is 2. The third-order valence-corrected chi connectivity index (χ3v) is 6.60. The first-order valence-corrected chi connectivity index (χ1v) is 11.1. The summed E-state index contributed by atoms with van der Waals surface area (Å²) in [5.41, 5.74) is 4.44. The highest BCUT2D eigenvalue weighted by atomic mass is 19.2. The quantitative estimate of drug-likeness (QED) is 0.517. The highest BCUT2D eigenvalue weighted by Gasteiger charge is 2.34. The van der Waals surface area contributed by atoms with Crippen LogP contribution in [-0.2, 0) is 13.1 Å². The summed E-state index contributed by atoms with van der Waals surface area (Å²) in [5.74, 6) is -2.91. The van der Waals surface area contributed by atoms with Gasteiger partial charge in [0.25, 0.3) is 0 Å². The molecule has 0 amide bonds. The van der Waals surface area contributed by atoms with Crippen LogP contribution in [0.25, 0.3) is 0 Å². The lowest BCUT2D eigenvalue weighted by Crippen LogP contribution is -2.20. The molecule has 1 saturated carbocycles. The van der Waals surface area contributed by atoms with Crippen molar-refractivity contribution in [3.05, 3.63) is 57.9 Å². The minimum absolute atomic E-state index is 0.122. The van der Waals surface area contributed by atoms with Gasteiger partial charge >= 0.3 is 0 Å². The Morgan fingerprint density at radius 1 is 0.833 bits per heavy atom. The van der Waals surface area contributed by atoms with Crippen molar-refractivity contribution in [3.8, 4) is 0 Å². The van der Waals surface area contributed by atoms with Gasteiger partial charge in [-0.2, -0.15) is 0 Å². The number of halogens is 3. The molecule has 5 heteroatoms. The molecule has 2 nitrogen and oxygen atoms in total.